The highest BCUT2D eigenvalue weighted by Crippen LogP contribution is 2.61. The Balaban J connectivity index is 1.28. The highest BCUT2D eigenvalue weighted by Gasteiger charge is 2.56. The van der Waals surface area contributed by atoms with Crippen molar-refractivity contribution >= 4 is 11.9 Å². The Labute approximate surface area is 190 Å². The van der Waals surface area contributed by atoms with E-state index in [4.69, 9.17) is 4.74 Å². The molecule has 0 aliphatic heterocycles. The molecule has 0 amide bonds. The van der Waals surface area contributed by atoms with Gasteiger partial charge in [-0.15, -0.1) is 0 Å². The third-order valence-electron chi connectivity index (χ3n) is 9.61. The molecule has 3 saturated carbocycles. The second kappa shape index (κ2) is 8.07. The molecular weight excluding hydrogens is 404 g/mol. The largest absolute Gasteiger partial charge is 0.508 e. The number of hydrogen-bond acceptors (Lipinski definition) is 4. The Morgan fingerprint density at radius 3 is 2.59 bits per heavy atom. The third kappa shape index (κ3) is 3.72. The molecule has 0 radical (unpaired) electrons. The predicted molar refractivity (Wildman–Crippen MR) is 120 cm³/mol. The van der Waals surface area contributed by atoms with Crippen LogP contribution >= 0.6 is 0 Å². The van der Waals surface area contributed by atoms with Crippen LogP contribution in [-0.2, 0) is 20.7 Å². The van der Waals surface area contributed by atoms with Gasteiger partial charge in [0.1, 0.15) is 11.9 Å². The Kier molecular flexibility index (Phi) is 5.50. The van der Waals surface area contributed by atoms with Gasteiger partial charge in [-0.25, -0.2) is 0 Å². The van der Waals surface area contributed by atoms with Crippen molar-refractivity contribution < 1.29 is 24.5 Å². The third-order valence-corrected chi connectivity index (χ3v) is 9.61. The highest BCUT2D eigenvalue weighted by atomic mass is 16.5. The van der Waals surface area contributed by atoms with Gasteiger partial charge in [0, 0.05) is 5.41 Å². The number of carbonyl (C=O) groups is 2. The first-order valence-electron chi connectivity index (χ1n) is 12.5. The van der Waals surface area contributed by atoms with E-state index in [1.807, 2.05) is 12.1 Å². The topological polar surface area (TPSA) is 83.8 Å². The number of ether oxygens (including phenoxy) is 1. The van der Waals surface area contributed by atoms with E-state index in [9.17, 15) is 19.8 Å². The van der Waals surface area contributed by atoms with Crippen molar-refractivity contribution in [3.63, 3.8) is 0 Å². The molecule has 4 aliphatic rings. The van der Waals surface area contributed by atoms with Crippen LogP contribution < -0.4 is 0 Å². The molecule has 0 aromatic heterocycles. The molecule has 5 heteroatoms. The molecule has 3 fully saturated rings. The first-order valence-corrected chi connectivity index (χ1v) is 12.5. The fourth-order valence-corrected chi connectivity index (χ4v) is 8.08. The van der Waals surface area contributed by atoms with Crippen molar-refractivity contribution in [2.75, 3.05) is 0 Å². The highest BCUT2D eigenvalue weighted by molar-refractivity contribution is 5.73. The second-order valence-electron chi connectivity index (χ2n) is 11.4. The molecule has 0 bridgehead atoms. The lowest BCUT2D eigenvalue weighted by atomic mass is 9.55. The number of phenols is 1. The number of carbonyl (C=O) groups excluding carboxylic acids is 1. The number of carboxylic acids is 1. The van der Waals surface area contributed by atoms with Crippen LogP contribution in [0.3, 0.4) is 0 Å². The number of esters is 1. The van der Waals surface area contributed by atoms with E-state index in [0.717, 1.165) is 64.2 Å². The monoisotopic (exact) mass is 440 g/mol. The zero-order valence-electron chi connectivity index (χ0n) is 19.1. The fourth-order valence-electron chi connectivity index (χ4n) is 8.08. The number of benzene rings is 1. The molecule has 0 unspecified atom stereocenters. The second-order valence-corrected chi connectivity index (χ2v) is 11.4. The van der Waals surface area contributed by atoms with Gasteiger partial charge in [0.05, 0.1) is 12.8 Å². The molecule has 5 rings (SSSR count). The first-order chi connectivity index (χ1) is 15.3. The Hall–Kier alpha value is -2.04. The van der Waals surface area contributed by atoms with Gasteiger partial charge < -0.3 is 14.9 Å². The number of aryl methyl sites for hydroxylation is 1. The minimum Gasteiger partial charge on any atom is -0.508 e. The van der Waals surface area contributed by atoms with Crippen molar-refractivity contribution in [3.8, 4) is 5.75 Å². The first kappa shape index (κ1) is 21.8. The summed E-state index contributed by atoms with van der Waals surface area (Å²) in [5, 5.41) is 19.2. The van der Waals surface area contributed by atoms with Crippen LogP contribution in [0, 0.1) is 22.7 Å². The number of rotatable bonds is 5. The SMILES string of the molecule is C[C@]12CC[C@@H]3c4ccc(O)cc4CC[C@H]3[C@@H]1CC[C@@H]2OC(=O)CC1(CC(=O)O)CCCC1. The number of carboxylic acid groups (broad SMARTS) is 1. The normalized spacial score (nSPS) is 34.9. The standard InChI is InChI=1S/C27H36O5/c1-26-13-10-20-19-7-5-18(28)14-17(19)4-6-21(20)22(26)8-9-23(26)32-25(31)16-27(15-24(29)30)11-2-3-12-27/h5,7,14,20-23,28H,2-4,6,8-13,15-16H2,1H3,(H,29,30)/t20-,21-,22+,23+,26+/m1/s1. The molecule has 0 heterocycles. The molecule has 0 spiro atoms. The van der Waals surface area contributed by atoms with Crippen molar-refractivity contribution in [3.05, 3.63) is 29.3 Å². The minimum absolute atomic E-state index is 0.0148. The quantitative estimate of drug-likeness (QED) is 0.584. The molecular formula is C27H36O5. The van der Waals surface area contributed by atoms with Crippen molar-refractivity contribution in [1.29, 1.82) is 0 Å². The summed E-state index contributed by atoms with van der Waals surface area (Å²) in [6.45, 7) is 2.33. The van der Waals surface area contributed by atoms with Crippen LogP contribution in [-0.4, -0.2) is 28.3 Å². The molecule has 32 heavy (non-hydrogen) atoms. The molecule has 2 N–H and O–H groups in total. The van der Waals surface area contributed by atoms with E-state index in [1.165, 1.54) is 11.1 Å². The molecule has 4 aliphatic carbocycles. The summed E-state index contributed by atoms with van der Waals surface area (Å²) >= 11 is 0. The van der Waals surface area contributed by atoms with Crippen molar-refractivity contribution in [1.82, 2.24) is 0 Å². The zero-order chi connectivity index (χ0) is 22.5. The zero-order valence-corrected chi connectivity index (χ0v) is 19.1. The van der Waals surface area contributed by atoms with Gasteiger partial charge in [-0.05, 0) is 97.8 Å². The van der Waals surface area contributed by atoms with E-state index in [-0.39, 0.29) is 30.3 Å². The number of phenolic OH excluding ortho intramolecular Hbond substituents is 1. The number of aliphatic carboxylic acids is 1. The summed E-state index contributed by atoms with van der Waals surface area (Å²) in [5.74, 6) is 1.08. The summed E-state index contributed by atoms with van der Waals surface area (Å²) in [6, 6.07) is 5.89. The van der Waals surface area contributed by atoms with E-state index >= 15 is 0 Å². The predicted octanol–water partition coefficient (Wildman–Crippen LogP) is 5.59. The average Bonchev–Trinajstić information content (AvgIpc) is 3.31. The Morgan fingerprint density at radius 1 is 1.06 bits per heavy atom. The maximum atomic E-state index is 13.0. The Morgan fingerprint density at radius 2 is 1.84 bits per heavy atom. The summed E-state index contributed by atoms with van der Waals surface area (Å²) in [4.78, 5) is 24.4. The van der Waals surface area contributed by atoms with Crippen LogP contribution in [0.5, 0.6) is 5.75 Å². The van der Waals surface area contributed by atoms with Crippen LogP contribution in [0.25, 0.3) is 0 Å². The van der Waals surface area contributed by atoms with E-state index in [2.05, 4.69) is 13.0 Å². The number of fused-ring (bicyclic) bond motifs is 5. The summed E-state index contributed by atoms with van der Waals surface area (Å²) in [7, 11) is 0. The van der Waals surface area contributed by atoms with Gasteiger partial charge in [0.25, 0.3) is 0 Å². The van der Waals surface area contributed by atoms with E-state index < -0.39 is 11.4 Å². The van der Waals surface area contributed by atoms with Gasteiger partial charge in [-0.2, -0.15) is 0 Å². The van der Waals surface area contributed by atoms with Gasteiger partial charge in [0.2, 0.25) is 0 Å². The van der Waals surface area contributed by atoms with Gasteiger partial charge >= 0.3 is 11.9 Å². The molecule has 1 aromatic rings. The van der Waals surface area contributed by atoms with Crippen molar-refractivity contribution in [2.45, 2.75) is 96.0 Å². The summed E-state index contributed by atoms with van der Waals surface area (Å²) in [5.41, 5.74) is 2.33. The van der Waals surface area contributed by atoms with Gasteiger partial charge in [-0.3, -0.25) is 9.59 Å². The van der Waals surface area contributed by atoms with E-state index in [1.54, 1.807) is 0 Å². The van der Waals surface area contributed by atoms with Crippen LogP contribution in [0.2, 0.25) is 0 Å². The summed E-state index contributed by atoms with van der Waals surface area (Å²) < 4.78 is 6.15. The van der Waals surface area contributed by atoms with Gasteiger partial charge in [0.15, 0.2) is 0 Å². The summed E-state index contributed by atoms with van der Waals surface area (Å²) in [6.07, 6.45) is 10.3. The molecule has 5 atom stereocenters. The minimum atomic E-state index is -0.809. The number of aromatic hydroxyl groups is 1. The lowest BCUT2D eigenvalue weighted by Crippen LogP contribution is -2.45. The lowest BCUT2D eigenvalue weighted by molar-refractivity contribution is -0.161. The molecule has 0 saturated heterocycles. The fraction of sp³-hybridized carbons (Fsp3) is 0.704. The lowest BCUT2D eigenvalue weighted by Gasteiger charge is -2.50. The smallest absolute Gasteiger partial charge is 0.306 e. The maximum Gasteiger partial charge on any atom is 0.306 e. The number of hydrogen-bond donors (Lipinski definition) is 2. The Bertz CT molecular complexity index is 901. The molecule has 1 aromatic carbocycles. The maximum absolute atomic E-state index is 13.0. The van der Waals surface area contributed by atoms with Crippen LogP contribution in [0.4, 0.5) is 0 Å². The van der Waals surface area contributed by atoms with E-state index in [0.29, 0.717) is 23.5 Å². The average molecular weight is 441 g/mol. The van der Waals surface area contributed by atoms with Crippen LogP contribution in [0.1, 0.15) is 94.6 Å². The van der Waals surface area contributed by atoms with Crippen LogP contribution in [0.15, 0.2) is 18.2 Å². The molecule has 174 valence electrons. The molecule has 5 nitrogen and oxygen atoms in total. The van der Waals surface area contributed by atoms with Crippen molar-refractivity contribution in [2.24, 2.45) is 22.7 Å². The van der Waals surface area contributed by atoms with Gasteiger partial charge in [-0.1, -0.05) is 25.8 Å².